The Morgan fingerprint density at radius 2 is 1.78 bits per heavy atom. The van der Waals surface area contributed by atoms with Crippen molar-refractivity contribution in [3.63, 3.8) is 0 Å². The quantitative estimate of drug-likeness (QED) is 0.581. The van der Waals surface area contributed by atoms with Gasteiger partial charge in [0.2, 0.25) is 0 Å². The van der Waals surface area contributed by atoms with Crippen molar-refractivity contribution in [2.45, 2.75) is 59.2 Å². The van der Waals surface area contributed by atoms with Gasteiger partial charge in [0, 0.05) is 4.83 Å². The number of alkyl halides is 1. The molecule has 0 heterocycles. The number of halogens is 1. The summed E-state index contributed by atoms with van der Waals surface area (Å²) in [6.07, 6.45) is 2.49. The van der Waals surface area contributed by atoms with Gasteiger partial charge < -0.3 is 0 Å². The molecule has 0 N–H and O–H groups in total. The fourth-order valence-electron chi connectivity index (χ4n) is 2.79. The van der Waals surface area contributed by atoms with E-state index in [4.69, 9.17) is 0 Å². The van der Waals surface area contributed by atoms with Gasteiger partial charge >= 0.3 is 0 Å². The summed E-state index contributed by atoms with van der Waals surface area (Å²) in [6.45, 7) is 13.7. The first kappa shape index (κ1) is 15.8. The molecule has 18 heavy (non-hydrogen) atoms. The van der Waals surface area contributed by atoms with Crippen molar-refractivity contribution in [1.82, 2.24) is 0 Å². The Kier molecular flexibility index (Phi) is 5.46. The average molecular weight is 311 g/mol. The van der Waals surface area contributed by atoms with Crippen LogP contribution in [0.4, 0.5) is 0 Å². The van der Waals surface area contributed by atoms with Gasteiger partial charge in [0.25, 0.3) is 0 Å². The number of aryl methyl sites for hydroxylation is 2. The van der Waals surface area contributed by atoms with E-state index in [1.165, 1.54) is 29.5 Å². The fourth-order valence-corrected chi connectivity index (χ4v) is 3.94. The molecule has 0 aliphatic rings. The molecule has 0 saturated heterocycles. The number of benzene rings is 1. The van der Waals surface area contributed by atoms with E-state index in [1.807, 2.05) is 0 Å². The summed E-state index contributed by atoms with van der Waals surface area (Å²) in [7, 11) is 0. The van der Waals surface area contributed by atoms with Crippen molar-refractivity contribution in [2.24, 2.45) is 11.3 Å². The van der Waals surface area contributed by atoms with Crippen LogP contribution in [0.3, 0.4) is 0 Å². The minimum atomic E-state index is 0.425. The monoisotopic (exact) mass is 310 g/mol. The van der Waals surface area contributed by atoms with Gasteiger partial charge in [0.05, 0.1) is 0 Å². The van der Waals surface area contributed by atoms with Gasteiger partial charge in [-0.3, -0.25) is 0 Å². The van der Waals surface area contributed by atoms with Gasteiger partial charge in [0.1, 0.15) is 0 Å². The number of hydrogen-bond donors (Lipinski definition) is 0. The largest absolute Gasteiger partial charge is 0.0839 e. The van der Waals surface area contributed by atoms with Crippen molar-refractivity contribution in [2.75, 3.05) is 0 Å². The SMILES string of the molecule is Cc1ccc(C(Br)CC(C)CC(C)(C)C)c(C)c1. The zero-order chi connectivity index (χ0) is 13.9. The summed E-state index contributed by atoms with van der Waals surface area (Å²) >= 11 is 3.87. The van der Waals surface area contributed by atoms with Crippen LogP contribution < -0.4 is 0 Å². The Hall–Kier alpha value is -0.300. The van der Waals surface area contributed by atoms with E-state index in [2.05, 4.69) is 75.7 Å². The van der Waals surface area contributed by atoms with Crippen molar-refractivity contribution in [3.8, 4) is 0 Å². The summed E-state index contributed by atoms with van der Waals surface area (Å²) in [5.74, 6) is 0.745. The molecule has 0 aliphatic carbocycles. The normalized spacial score (nSPS) is 15.5. The Bertz CT molecular complexity index is 387. The topological polar surface area (TPSA) is 0 Å². The standard InChI is InChI=1S/C17H27Br/c1-12-7-8-15(14(3)9-12)16(18)10-13(2)11-17(4,5)6/h7-9,13,16H,10-11H2,1-6H3. The van der Waals surface area contributed by atoms with Crippen LogP contribution in [0.15, 0.2) is 18.2 Å². The second-order valence-electron chi connectivity index (χ2n) is 6.93. The highest BCUT2D eigenvalue weighted by Gasteiger charge is 2.19. The molecule has 0 bridgehead atoms. The summed E-state index contributed by atoms with van der Waals surface area (Å²) in [5, 5.41) is 0. The second-order valence-corrected chi connectivity index (χ2v) is 8.04. The molecule has 0 spiro atoms. The van der Waals surface area contributed by atoms with Gasteiger partial charge in [-0.05, 0) is 49.1 Å². The molecule has 2 unspecified atom stereocenters. The van der Waals surface area contributed by atoms with Gasteiger partial charge in [-0.25, -0.2) is 0 Å². The van der Waals surface area contributed by atoms with E-state index in [0.717, 1.165) is 5.92 Å². The highest BCUT2D eigenvalue weighted by atomic mass is 79.9. The molecule has 0 saturated carbocycles. The van der Waals surface area contributed by atoms with Crippen LogP contribution in [0.25, 0.3) is 0 Å². The van der Waals surface area contributed by atoms with Crippen molar-refractivity contribution in [3.05, 3.63) is 34.9 Å². The smallest absolute Gasteiger partial charge is 0.0400 e. The summed E-state index contributed by atoms with van der Waals surface area (Å²) < 4.78 is 0. The highest BCUT2D eigenvalue weighted by molar-refractivity contribution is 9.09. The molecule has 0 fully saturated rings. The highest BCUT2D eigenvalue weighted by Crippen LogP contribution is 2.36. The summed E-state index contributed by atoms with van der Waals surface area (Å²) in [4.78, 5) is 0.482. The van der Waals surface area contributed by atoms with Gasteiger partial charge in [-0.15, -0.1) is 0 Å². The fraction of sp³-hybridized carbons (Fsp3) is 0.647. The minimum absolute atomic E-state index is 0.425. The van der Waals surface area contributed by atoms with Crippen LogP contribution in [0.1, 0.15) is 62.1 Å². The summed E-state index contributed by atoms with van der Waals surface area (Å²) in [5.41, 5.74) is 4.62. The zero-order valence-corrected chi connectivity index (χ0v) is 14.3. The number of rotatable bonds is 4. The molecule has 0 amide bonds. The van der Waals surface area contributed by atoms with Gasteiger partial charge in [-0.1, -0.05) is 67.4 Å². The van der Waals surface area contributed by atoms with Crippen molar-refractivity contribution >= 4 is 15.9 Å². The van der Waals surface area contributed by atoms with Crippen LogP contribution in [-0.4, -0.2) is 0 Å². The van der Waals surface area contributed by atoms with Gasteiger partial charge in [0.15, 0.2) is 0 Å². The lowest BCUT2D eigenvalue weighted by Gasteiger charge is -2.25. The lowest BCUT2D eigenvalue weighted by atomic mass is 9.83. The maximum atomic E-state index is 3.87. The molecule has 1 rings (SSSR count). The first-order valence-corrected chi connectivity index (χ1v) is 7.82. The second kappa shape index (κ2) is 6.23. The Balaban J connectivity index is 2.67. The lowest BCUT2D eigenvalue weighted by molar-refractivity contribution is 0.296. The third-order valence-corrected chi connectivity index (χ3v) is 4.20. The molecule has 1 aromatic carbocycles. The Labute approximate surface area is 121 Å². The predicted molar refractivity (Wildman–Crippen MR) is 85.4 cm³/mol. The molecule has 102 valence electrons. The Morgan fingerprint density at radius 1 is 1.17 bits per heavy atom. The molecule has 0 aromatic heterocycles. The molecular formula is C17H27Br. The van der Waals surface area contributed by atoms with E-state index in [9.17, 15) is 0 Å². The minimum Gasteiger partial charge on any atom is -0.0839 e. The average Bonchev–Trinajstić information content (AvgIpc) is 2.13. The van der Waals surface area contributed by atoms with Crippen LogP contribution >= 0.6 is 15.9 Å². The number of hydrogen-bond acceptors (Lipinski definition) is 0. The predicted octanol–water partition coefficient (Wildman–Crippen LogP) is 6.20. The molecule has 0 nitrogen and oxygen atoms in total. The first-order valence-electron chi connectivity index (χ1n) is 6.90. The van der Waals surface area contributed by atoms with E-state index in [1.54, 1.807) is 0 Å². The third-order valence-electron chi connectivity index (χ3n) is 3.33. The van der Waals surface area contributed by atoms with Crippen LogP contribution in [0.5, 0.6) is 0 Å². The molecule has 2 atom stereocenters. The van der Waals surface area contributed by atoms with Crippen LogP contribution in [0, 0.1) is 25.2 Å². The van der Waals surface area contributed by atoms with Crippen LogP contribution in [0.2, 0.25) is 0 Å². The van der Waals surface area contributed by atoms with E-state index in [0.29, 0.717) is 10.2 Å². The molecule has 1 heteroatoms. The molecule has 0 radical (unpaired) electrons. The molecular weight excluding hydrogens is 284 g/mol. The maximum Gasteiger partial charge on any atom is 0.0400 e. The van der Waals surface area contributed by atoms with E-state index < -0.39 is 0 Å². The van der Waals surface area contributed by atoms with Gasteiger partial charge in [-0.2, -0.15) is 0 Å². The first-order chi connectivity index (χ1) is 8.19. The van der Waals surface area contributed by atoms with Crippen molar-refractivity contribution in [1.29, 1.82) is 0 Å². The summed E-state index contributed by atoms with van der Waals surface area (Å²) in [6, 6.07) is 6.76. The molecule has 1 aromatic rings. The Morgan fingerprint density at radius 3 is 2.28 bits per heavy atom. The van der Waals surface area contributed by atoms with Crippen LogP contribution in [-0.2, 0) is 0 Å². The zero-order valence-electron chi connectivity index (χ0n) is 12.7. The van der Waals surface area contributed by atoms with E-state index in [-0.39, 0.29) is 0 Å². The third kappa shape index (κ3) is 5.14. The van der Waals surface area contributed by atoms with E-state index >= 15 is 0 Å². The van der Waals surface area contributed by atoms with Crippen molar-refractivity contribution < 1.29 is 0 Å². The molecule has 0 aliphatic heterocycles. The maximum absolute atomic E-state index is 3.87. The lowest BCUT2D eigenvalue weighted by Crippen LogP contribution is -2.12.